The fourth-order valence-electron chi connectivity index (χ4n) is 7.34. The van der Waals surface area contributed by atoms with Gasteiger partial charge >= 0.3 is 12.3 Å². The fourth-order valence-corrected chi connectivity index (χ4v) is 7.34. The van der Waals surface area contributed by atoms with Crippen molar-refractivity contribution in [3.8, 4) is 0 Å². The summed E-state index contributed by atoms with van der Waals surface area (Å²) >= 11 is 0. The van der Waals surface area contributed by atoms with Gasteiger partial charge in [0.1, 0.15) is 12.2 Å². The molecule has 0 atom stereocenters. The van der Waals surface area contributed by atoms with Gasteiger partial charge < -0.3 is 9.47 Å². The summed E-state index contributed by atoms with van der Waals surface area (Å²) in [5.41, 5.74) is 0. The Labute approximate surface area is 205 Å². The van der Waals surface area contributed by atoms with Crippen LogP contribution in [-0.2, 0) is 19.2 Å². The molecule has 0 aromatic heterocycles. The molecule has 34 heavy (non-hydrogen) atoms. The molecule has 0 saturated heterocycles. The van der Waals surface area contributed by atoms with E-state index < -0.39 is 12.3 Å². The molecule has 0 radical (unpaired) electrons. The maximum Gasteiger partial charge on any atom is 0.550 e. The molecule has 194 valence electrons. The van der Waals surface area contributed by atoms with Crippen molar-refractivity contribution in [1.29, 1.82) is 0 Å². The van der Waals surface area contributed by atoms with Crippen LogP contribution in [-0.4, -0.2) is 24.5 Å². The lowest BCUT2D eigenvalue weighted by Gasteiger charge is -2.37. The number of rotatable bonds is 6. The van der Waals surface area contributed by atoms with Crippen molar-refractivity contribution < 1.29 is 28.8 Å². The first-order valence-corrected chi connectivity index (χ1v) is 14.5. The van der Waals surface area contributed by atoms with Gasteiger partial charge in [-0.05, 0) is 75.0 Å². The molecular weight excluding hydrogens is 432 g/mol. The normalized spacial score (nSPS) is 24.2. The lowest BCUT2D eigenvalue weighted by molar-refractivity contribution is -0.232. The maximum absolute atomic E-state index is 12.6. The van der Waals surface area contributed by atoms with Gasteiger partial charge in [0, 0.05) is 0 Å². The molecule has 0 amide bonds. The van der Waals surface area contributed by atoms with E-state index in [1.165, 1.54) is 77.0 Å². The molecule has 0 heterocycles. The van der Waals surface area contributed by atoms with Crippen LogP contribution in [0.1, 0.15) is 128 Å². The molecule has 0 N–H and O–H groups in total. The van der Waals surface area contributed by atoms with Crippen molar-refractivity contribution in [3.05, 3.63) is 0 Å². The second-order valence-electron chi connectivity index (χ2n) is 11.4. The molecule has 4 fully saturated rings. The first-order chi connectivity index (χ1) is 16.7. The van der Waals surface area contributed by atoms with E-state index in [-0.39, 0.29) is 12.2 Å². The summed E-state index contributed by atoms with van der Waals surface area (Å²) < 4.78 is 11.6. The minimum Gasteiger partial charge on any atom is -0.428 e. The van der Waals surface area contributed by atoms with Crippen LogP contribution in [0.15, 0.2) is 0 Å². The zero-order chi connectivity index (χ0) is 23.6. The van der Waals surface area contributed by atoms with E-state index in [9.17, 15) is 9.59 Å². The van der Waals surface area contributed by atoms with Gasteiger partial charge in [-0.25, -0.2) is 0 Å². The van der Waals surface area contributed by atoms with Crippen LogP contribution in [0.4, 0.5) is 9.59 Å². The first-order valence-electron chi connectivity index (χ1n) is 14.5. The van der Waals surface area contributed by atoms with Gasteiger partial charge in [0.25, 0.3) is 0 Å². The molecule has 0 bridgehead atoms. The number of hydrogen-bond donors (Lipinski definition) is 0. The van der Waals surface area contributed by atoms with Crippen molar-refractivity contribution in [3.63, 3.8) is 0 Å². The van der Waals surface area contributed by atoms with E-state index in [0.29, 0.717) is 23.7 Å². The van der Waals surface area contributed by atoms with E-state index in [0.717, 1.165) is 51.4 Å². The Hall–Kier alpha value is -1.46. The van der Waals surface area contributed by atoms with Crippen LogP contribution >= 0.6 is 0 Å². The first kappa shape index (κ1) is 25.6. The van der Waals surface area contributed by atoms with Crippen LogP contribution in [0.2, 0.25) is 0 Å². The van der Waals surface area contributed by atoms with Crippen LogP contribution in [0.5, 0.6) is 0 Å². The van der Waals surface area contributed by atoms with E-state index >= 15 is 0 Å². The number of hydrogen-bond acceptors (Lipinski definition) is 6. The van der Waals surface area contributed by atoms with Gasteiger partial charge in [0.2, 0.25) is 0 Å². The Morgan fingerprint density at radius 2 is 0.647 bits per heavy atom. The summed E-state index contributed by atoms with van der Waals surface area (Å²) in [5, 5.41) is 0. The van der Waals surface area contributed by atoms with Crippen molar-refractivity contribution in [2.24, 2.45) is 23.7 Å². The van der Waals surface area contributed by atoms with E-state index in [4.69, 9.17) is 19.2 Å². The van der Waals surface area contributed by atoms with Crippen molar-refractivity contribution in [2.75, 3.05) is 0 Å². The molecule has 6 heteroatoms. The third-order valence-corrected chi connectivity index (χ3v) is 9.10. The van der Waals surface area contributed by atoms with Gasteiger partial charge in [-0.2, -0.15) is 19.4 Å². The minimum atomic E-state index is -0.898. The fraction of sp³-hybridized carbons (Fsp3) is 0.929. The second-order valence-corrected chi connectivity index (χ2v) is 11.4. The molecule has 4 aliphatic rings. The van der Waals surface area contributed by atoms with Crippen LogP contribution in [0.3, 0.4) is 0 Å². The predicted molar refractivity (Wildman–Crippen MR) is 129 cm³/mol. The molecular formula is C28H46O6. The summed E-state index contributed by atoms with van der Waals surface area (Å²) in [6.07, 6.45) is 21.3. The van der Waals surface area contributed by atoms with E-state index in [1.807, 2.05) is 0 Å². The highest BCUT2D eigenvalue weighted by Gasteiger charge is 2.37. The third kappa shape index (κ3) is 7.52. The molecule has 4 saturated carbocycles. The highest BCUT2D eigenvalue weighted by atomic mass is 17.3. The highest BCUT2D eigenvalue weighted by molar-refractivity contribution is 5.63. The van der Waals surface area contributed by atoms with Crippen molar-refractivity contribution >= 4 is 12.3 Å². The van der Waals surface area contributed by atoms with Crippen LogP contribution < -0.4 is 0 Å². The lowest BCUT2D eigenvalue weighted by Crippen LogP contribution is -2.38. The smallest absolute Gasteiger partial charge is 0.428 e. The van der Waals surface area contributed by atoms with Crippen LogP contribution in [0.25, 0.3) is 0 Å². The zero-order valence-corrected chi connectivity index (χ0v) is 21.1. The van der Waals surface area contributed by atoms with E-state index in [1.54, 1.807) is 0 Å². The Bertz CT molecular complexity index is 522. The number of ether oxygens (including phenoxy) is 2. The SMILES string of the molecule is O=C(OOC(=O)OC(C1CCCCC1)C1CCCCC1)OC(C1CCCCC1)C1CCCCC1. The van der Waals surface area contributed by atoms with Crippen molar-refractivity contribution in [1.82, 2.24) is 0 Å². The molecule has 0 aliphatic heterocycles. The largest absolute Gasteiger partial charge is 0.550 e. The Morgan fingerprint density at radius 1 is 0.412 bits per heavy atom. The average molecular weight is 479 g/mol. The monoisotopic (exact) mass is 478 g/mol. The van der Waals surface area contributed by atoms with Crippen LogP contribution in [0, 0.1) is 23.7 Å². The predicted octanol–water partition coefficient (Wildman–Crippen LogP) is 8.27. The van der Waals surface area contributed by atoms with Gasteiger partial charge in [-0.1, -0.05) is 77.0 Å². The van der Waals surface area contributed by atoms with Gasteiger partial charge in [0.15, 0.2) is 0 Å². The molecule has 0 aromatic carbocycles. The quantitative estimate of drug-likeness (QED) is 0.217. The van der Waals surface area contributed by atoms with Gasteiger partial charge in [-0.3, -0.25) is 0 Å². The Morgan fingerprint density at radius 3 is 0.882 bits per heavy atom. The maximum atomic E-state index is 12.6. The number of carbonyl (C=O) groups excluding carboxylic acids is 2. The summed E-state index contributed by atoms with van der Waals surface area (Å²) in [4.78, 5) is 34.8. The van der Waals surface area contributed by atoms with Crippen molar-refractivity contribution in [2.45, 2.75) is 141 Å². The minimum absolute atomic E-state index is 0.134. The topological polar surface area (TPSA) is 71.1 Å². The van der Waals surface area contributed by atoms with E-state index in [2.05, 4.69) is 0 Å². The lowest BCUT2D eigenvalue weighted by atomic mass is 9.75. The Balaban J connectivity index is 1.28. The molecule has 0 aromatic rings. The zero-order valence-electron chi connectivity index (χ0n) is 21.1. The third-order valence-electron chi connectivity index (χ3n) is 9.10. The average Bonchev–Trinajstić information content (AvgIpc) is 2.91. The summed E-state index contributed by atoms with van der Waals surface area (Å²) in [7, 11) is 0. The molecule has 0 spiro atoms. The summed E-state index contributed by atoms with van der Waals surface area (Å²) in [6, 6.07) is 0. The highest BCUT2D eigenvalue weighted by Crippen LogP contribution is 2.39. The van der Waals surface area contributed by atoms with Gasteiger partial charge in [-0.15, -0.1) is 0 Å². The number of carbonyl (C=O) groups is 2. The molecule has 4 rings (SSSR count). The molecule has 4 aliphatic carbocycles. The standard InChI is InChI=1S/C28H46O6/c29-27(31-25(21-13-5-1-6-14-21)22-15-7-2-8-16-22)33-34-28(30)32-26(23-17-9-3-10-18-23)24-19-11-4-12-20-24/h21-26H,1-20H2. The molecule has 6 nitrogen and oxygen atoms in total. The second kappa shape index (κ2) is 13.6. The van der Waals surface area contributed by atoms with Gasteiger partial charge in [0.05, 0.1) is 0 Å². The summed E-state index contributed by atoms with van der Waals surface area (Å²) in [6.45, 7) is 0. The molecule has 0 unspecified atom stereocenters. The Kier molecular flexibility index (Phi) is 10.2. The summed E-state index contributed by atoms with van der Waals surface area (Å²) in [5.74, 6) is 1.55.